The summed E-state index contributed by atoms with van der Waals surface area (Å²) in [6, 6.07) is 27.3. The molecule has 1 amide bonds. The second-order valence-electron chi connectivity index (χ2n) is 8.62. The Hall–Kier alpha value is -5.18. The number of anilines is 3. The Morgan fingerprint density at radius 3 is 2.29 bits per heavy atom. The molecule has 2 aromatic heterocycles. The molecule has 9 heteroatoms. The van der Waals surface area contributed by atoms with Crippen LogP contribution < -0.4 is 16.0 Å². The Balaban J connectivity index is 1.41. The van der Waals surface area contributed by atoms with E-state index in [1.54, 1.807) is 24.4 Å². The summed E-state index contributed by atoms with van der Waals surface area (Å²) in [6.45, 7) is 0.179. The van der Waals surface area contributed by atoms with Crippen molar-refractivity contribution in [1.82, 2.24) is 20.3 Å². The number of nitrogens with two attached hydrogens (primary N) is 1. The van der Waals surface area contributed by atoms with E-state index in [2.05, 4.69) is 20.3 Å². The maximum Gasteiger partial charge on any atom is 0.330 e. The van der Waals surface area contributed by atoms with Gasteiger partial charge in [0.1, 0.15) is 6.04 Å². The largest absolute Gasteiger partial charge is 0.467 e. The van der Waals surface area contributed by atoms with Crippen LogP contribution in [0.25, 0.3) is 22.3 Å². The third kappa shape index (κ3) is 5.31. The number of nitrogens with zero attached hydrogens (tertiary/aromatic N) is 3. The number of aromatic amines is 1. The first-order valence-electron chi connectivity index (χ1n) is 12.0. The fourth-order valence-electron chi connectivity index (χ4n) is 4.26. The molecule has 0 fully saturated rings. The van der Waals surface area contributed by atoms with Gasteiger partial charge in [0.25, 0.3) is 5.91 Å². The fraction of sp³-hybridized carbons (Fsp3) is 0.103. The van der Waals surface area contributed by atoms with E-state index in [1.165, 1.54) is 7.11 Å². The maximum absolute atomic E-state index is 13.3. The second-order valence-corrected chi connectivity index (χ2v) is 8.62. The number of hydrogen-bond acceptors (Lipinski definition) is 7. The van der Waals surface area contributed by atoms with Gasteiger partial charge in [-0.2, -0.15) is 0 Å². The van der Waals surface area contributed by atoms with Crippen molar-refractivity contribution in [2.75, 3.05) is 24.3 Å². The van der Waals surface area contributed by atoms with Crippen molar-refractivity contribution in [1.29, 1.82) is 0 Å². The monoisotopic (exact) mass is 506 g/mol. The number of H-pyrrole nitrogens is 1. The molecule has 5 aromatic rings. The van der Waals surface area contributed by atoms with Gasteiger partial charge in [0, 0.05) is 34.0 Å². The fourth-order valence-corrected chi connectivity index (χ4v) is 4.26. The quantitative estimate of drug-likeness (QED) is 0.268. The lowest BCUT2D eigenvalue weighted by molar-refractivity contribution is -0.142. The molecule has 0 bridgehead atoms. The van der Waals surface area contributed by atoms with E-state index in [0.717, 1.165) is 28.0 Å². The number of carbonyl (C=O) groups is 2. The summed E-state index contributed by atoms with van der Waals surface area (Å²) in [5, 5.41) is 3.68. The molecule has 2 heterocycles. The minimum absolute atomic E-state index is 0.176. The molecule has 0 spiro atoms. The smallest absolute Gasteiger partial charge is 0.330 e. The van der Waals surface area contributed by atoms with Crippen molar-refractivity contribution in [2.45, 2.75) is 6.04 Å². The summed E-state index contributed by atoms with van der Waals surface area (Å²) in [5.41, 5.74) is 10.1. The first-order valence-corrected chi connectivity index (χ1v) is 12.0. The predicted molar refractivity (Wildman–Crippen MR) is 147 cm³/mol. The highest BCUT2D eigenvalue weighted by Gasteiger charge is 2.26. The van der Waals surface area contributed by atoms with Gasteiger partial charge < -0.3 is 25.7 Å². The van der Waals surface area contributed by atoms with E-state index in [-0.39, 0.29) is 12.5 Å². The van der Waals surface area contributed by atoms with Crippen molar-refractivity contribution >= 4 is 40.1 Å². The lowest BCUT2D eigenvalue weighted by Crippen LogP contribution is -2.48. The predicted octanol–water partition coefficient (Wildman–Crippen LogP) is 4.32. The molecular weight excluding hydrogens is 480 g/mol. The zero-order chi connectivity index (χ0) is 26.5. The van der Waals surface area contributed by atoms with Crippen LogP contribution in [0, 0.1) is 0 Å². The van der Waals surface area contributed by atoms with Gasteiger partial charge in [-0.1, -0.05) is 36.4 Å². The molecule has 0 saturated carbocycles. The molecule has 5 rings (SSSR count). The van der Waals surface area contributed by atoms with E-state index >= 15 is 0 Å². The Morgan fingerprint density at radius 2 is 1.66 bits per heavy atom. The molecule has 9 nitrogen and oxygen atoms in total. The van der Waals surface area contributed by atoms with Gasteiger partial charge in [-0.05, 0) is 54.6 Å². The number of carbonyl (C=O) groups excluding carboxylic acids is 2. The van der Waals surface area contributed by atoms with Crippen molar-refractivity contribution in [3.8, 4) is 11.4 Å². The summed E-state index contributed by atoms with van der Waals surface area (Å²) < 4.78 is 5.05. The summed E-state index contributed by atoms with van der Waals surface area (Å²) in [7, 11) is 1.31. The molecule has 1 atom stereocenters. The lowest BCUT2D eigenvalue weighted by atomic mass is 10.1. The Kier molecular flexibility index (Phi) is 6.99. The third-order valence-electron chi connectivity index (χ3n) is 6.13. The first kappa shape index (κ1) is 24.5. The molecule has 38 heavy (non-hydrogen) atoms. The number of esters is 1. The number of methoxy groups -OCH3 is 1. The molecular formula is C29H26N6O3. The van der Waals surface area contributed by atoms with Crippen LogP contribution >= 0.6 is 0 Å². The summed E-state index contributed by atoms with van der Waals surface area (Å²) >= 11 is 0. The van der Waals surface area contributed by atoms with Gasteiger partial charge in [0.15, 0.2) is 0 Å². The van der Waals surface area contributed by atoms with E-state index in [9.17, 15) is 9.59 Å². The summed E-state index contributed by atoms with van der Waals surface area (Å²) in [5.74, 6) is -0.755. The Labute approximate surface area is 219 Å². The molecule has 0 aliphatic heterocycles. The van der Waals surface area contributed by atoms with E-state index < -0.39 is 17.9 Å². The van der Waals surface area contributed by atoms with Crippen LogP contribution in [0.15, 0.2) is 97.2 Å². The van der Waals surface area contributed by atoms with Gasteiger partial charge >= 0.3 is 5.97 Å². The molecule has 3 aromatic carbocycles. The maximum atomic E-state index is 13.3. The number of nitrogens with one attached hydrogen (secondary N) is 2. The number of hydrogen-bond donors (Lipinski definition) is 3. The zero-order valence-corrected chi connectivity index (χ0v) is 20.7. The van der Waals surface area contributed by atoms with Crippen LogP contribution in [0.3, 0.4) is 0 Å². The highest BCUT2D eigenvalue weighted by atomic mass is 16.5. The Morgan fingerprint density at radius 1 is 0.974 bits per heavy atom. The molecule has 4 N–H and O–H groups in total. The SMILES string of the molecule is COC(=O)C(CN(c1ccccc1)c1ccccc1)NC(=O)c1ccc2[nH]c(-c3ccnc(N)n3)cc2c1. The molecule has 0 radical (unpaired) electrons. The molecule has 0 aliphatic rings. The number of nitrogen functional groups attached to an aromatic ring is 1. The first-order chi connectivity index (χ1) is 18.5. The van der Waals surface area contributed by atoms with Gasteiger partial charge in [-0.25, -0.2) is 14.8 Å². The van der Waals surface area contributed by atoms with Crippen LogP contribution in [-0.2, 0) is 9.53 Å². The van der Waals surface area contributed by atoms with Crippen molar-refractivity contribution in [3.05, 3.63) is 103 Å². The number of benzene rings is 3. The number of para-hydroxylation sites is 2. The number of ether oxygens (including phenoxy) is 1. The number of fused-ring (bicyclic) bond motifs is 1. The lowest BCUT2D eigenvalue weighted by Gasteiger charge is -2.29. The standard InChI is InChI=1S/C29H26N6O3/c1-38-28(37)26(18-35(21-8-4-2-5-9-21)22-10-6-3-7-11-22)33-27(36)19-12-13-23-20(16-19)17-25(32-23)24-14-15-31-29(30)34-24/h2-17,26,32H,18H2,1H3,(H,33,36)(H2,30,31,34). The van der Waals surface area contributed by atoms with Gasteiger partial charge in [-0.15, -0.1) is 0 Å². The summed E-state index contributed by atoms with van der Waals surface area (Å²) in [6.07, 6.45) is 1.59. The van der Waals surface area contributed by atoms with Crippen LogP contribution in [0.5, 0.6) is 0 Å². The minimum atomic E-state index is -0.922. The number of aromatic nitrogens is 3. The van der Waals surface area contributed by atoms with E-state index in [0.29, 0.717) is 11.3 Å². The topological polar surface area (TPSA) is 126 Å². The number of amides is 1. The van der Waals surface area contributed by atoms with Crippen molar-refractivity contribution in [2.24, 2.45) is 0 Å². The number of rotatable bonds is 8. The third-order valence-corrected chi connectivity index (χ3v) is 6.13. The highest BCUT2D eigenvalue weighted by molar-refractivity contribution is 6.00. The van der Waals surface area contributed by atoms with Crippen LogP contribution in [0.1, 0.15) is 10.4 Å². The highest BCUT2D eigenvalue weighted by Crippen LogP contribution is 2.26. The van der Waals surface area contributed by atoms with Crippen LogP contribution in [-0.4, -0.2) is 46.5 Å². The van der Waals surface area contributed by atoms with Gasteiger partial charge in [-0.3, -0.25) is 4.79 Å². The average molecular weight is 507 g/mol. The normalized spacial score (nSPS) is 11.6. The average Bonchev–Trinajstić information content (AvgIpc) is 3.39. The van der Waals surface area contributed by atoms with E-state index in [1.807, 2.05) is 77.7 Å². The zero-order valence-electron chi connectivity index (χ0n) is 20.7. The van der Waals surface area contributed by atoms with Crippen molar-refractivity contribution < 1.29 is 14.3 Å². The van der Waals surface area contributed by atoms with E-state index in [4.69, 9.17) is 10.5 Å². The summed E-state index contributed by atoms with van der Waals surface area (Å²) in [4.78, 5) is 39.5. The molecule has 190 valence electrons. The van der Waals surface area contributed by atoms with Gasteiger partial charge in [0.05, 0.1) is 25.0 Å². The van der Waals surface area contributed by atoms with Gasteiger partial charge in [0.2, 0.25) is 5.95 Å². The van der Waals surface area contributed by atoms with Crippen LogP contribution in [0.4, 0.5) is 17.3 Å². The molecule has 0 saturated heterocycles. The Bertz CT molecular complexity index is 1530. The molecule has 1 unspecified atom stereocenters. The second kappa shape index (κ2) is 10.8. The van der Waals surface area contributed by atoms with Crippen molar-refractivity contribution in [3.63, 3.8) is 0 Å². The minimum Gasteiger partial charge on any atom is -0.467 e. The molecule has 0 aliphatic carbocycles. The van der Waals surface area contributed by atoms with Crippen LogP contribution in [0.2, 0.25) is 0 Å².